The van der Waals surface area contributed by atoms with E-state index in [2.05, 4.69) is 48.1 Å². The van der Waals surface area contributed by atoms with E-state index >= 15 is 0 Å². The predicted molar refractivity (Wildman–Crippen MR) is 150 cm³/mol. The summed E-state index contributed by atoms with van der Waals surface area (Å²) in [7, 11) is 0. The Balaban J connectivity index is 1.58. The van der Waals surface area contributed by atoms with Crippen LogP contribution in [-0.4, -0.2) is 29.2 Å². The Kier molecular flexibility index (Phi) is 6.12. The Bertz CT molecular complexity index is 1090. The molecule has 0 heterocycles. The first-order valence-corrected chi connectivity index (χ1v) is 15.0. The van der Waals surface area contributed by atoms with E-state index in [0.29, 0.717) is 13.0 Å². The molecule has 1 unspecified atom stereocenters. The van der Waals surface area contributed by atoms with Crippen LogP contribution in [0, 0.1) is 50.2 Å². The molecule has 9 atom stereocenters. The zero-order chi connectivity index (χ0) is 28.2. The summed E-state index contributed by atoms with van der Waals surface area (Å²) in [5, 5.41) is 11.7. The monoisotopic (exact) mass is 525 g/mol. The number of nitrogens with two attached hydrogens (primary N) is 1. The van der Waals surface area contributed by atoms with Crippen LogP contribution in [0.5, 0.6) is 0 Å². The molecule has 0 aromatic heterocycles. The lowest BCUT2D eigenvalue weighted by atomic mass is 9.33. The molecule has 212 valence electrons. The third-order valence-electron chi connectivity index (χ3n) is 13.8. The number of ketones is 1. The maximum absolute atomic E-state index is 14.4. The zero-order valence-electron chi connectivity index (χ0n) is 24.9. The number of aliphatic hydroxyl groups is 1. The molecule has 0 bridgehead atoms. The summed E-state index contributed by atoms with van der Waals surface area (Å²) in [6.45, 7) is 19.9. The number of amides is 1. The molecule has 4 saturated carbocycles. The van der Waals surface area contributed by atoms with Crippen molar-refractivity contribution < 1.29 is 19.4 Å². The van der Waals surface area contributed by atoms with E-state index in [1.165, 1.54) is 5.57 Å². The number of ether oxygens (including phenoxy) is 1. The molecule has 3 N–H and O–H groups in total. The van der Waals surface area contributed by atoms with Crippen LogP contribution in [0.1, 0.15) is 106 Å². The van der Waals surface area contributed by atoms with Gasteiger partial charge in [-0.25, -0.2) is 0 Å². The fourth-order valence-electron chi connectivity index (χ4n) is 10.8. The first kappa shape index (κ1) is 28.1. The molecule has 5 rings (SSSR count). The molecule has 38 heavy (non-hydrogen) atoms. The van der Waals surface area contributed by atoms with Crippen molar-refractivity contribution >= 4 is 11.7 Å². The molecule has 0 aliphatic heterocycles. The van der Waals surface area contributed by atoms with Gasteiger partial charge >= 0.3 is 0 Å². The van der Waals surface area contributed by atoms with Crippen LogP contribution in [-0.2, 0) is 14.3 Å². The summed E-state index contributed by atoms with van der Waals surface area (Å²) in [6, 6.07) is 0. The summed E-state index contributed by atoms with van der Waals surface area (Å²) in [4.78, 5) is 27.0. The van der Waals surface area contributed by atoms with Crippen molar-refractivity contribution in [3.05, 3.63) is 24.3 Å². The molecule has 0 radical (unpaired) electrons. The lowest BCUT2D eigenvalue weighted by molar-refractivity contribution is -0.324. The van der Waals surface area contributed by atoms with Crippen LogP contribution >= 0.6 is 0 Å². The van der Waals surface area contributed by atoms with Crippen LogP contribution < -0.4 is 5.73 Å². The van der Waals surface area contributed by atoms with Gasteiger partial charge in [0.05, 0.1) is 6.61 Å². The van der Waals surface area contributed by atoms with E-state index < -0.39 is 16.6 Å². The lowest BCUT2D eigenvalue weighted by Gasteiger charge is -2.71. The maximum Gasteiger partial charge on any atom is 0.223 e. The molecule has 5 aliphatic carbocycles. The van der Waals surface area contributed by atoms with E-state index in [-0.39, 0.29) is 51.1 Å². The van der Waals surface area contributed by atoms with Gasteiger partial charge in [-0.3, -0.25) is 9.59 Å². The van der Waals surface area contributed by atoms with Crippen LogP contribution in [0.4, 0.5) is 0 Å². The average Bonchev–Trinajstić information content (AvgIpc) is 2.83. The molecule has 0 spiro atoms. The van der Waals surface area contributed by atoms with Gasteiger partial charge in [0.25, 0.3) is 0 Å². The summed E-state index contributed by atoms with van der Waals surface area (Å²) in [5.74, 6) is -0.893. The largest absolute Gasteiger partial charge is 0.369 e. The summed E-state index contributed by atoms with van der Waals surface area (Å²) >= 11 is 0. The molecular formula is C33H51NO4. The first-order valence-electron chi connectivity index (χ1n) is 15.0. The van der Waals surface area contributed by atoms with Gasteiger partial charge < -0.3 is 15.6 Å². The number of allylic oxidation sites excluding steroid dienone is 2. The van der Waals surface area contributed by atoms with Crippen molar-refractivity contribution in [2.45, 2.75) is 112 Å². The van der Waals surface area contributed by atoms with Crippen LogP contribution in [0.2, 0.25) is 0 Å². The highest BCUT2D eigenvalue weighted by atomic mass is 16.6. The molecule has 5 aliphatic rings. The maximum atomic E-state index is 14.4. The van der Waals surface area contributed by atoms with Crippen molar-refractivity contribution in [3.63, 3.8) is 0 Å². The van der Waals surface area contributed by atoms with Crippen molar-refractivity contribution in [2.24, 2.45) is 56.0 Å². The van der Waals surface area contributed by atoms with Crippen LogP contribution in [0.15, 0.2) is 24.3 Å². The Labute approximate surface area is 230 Å². The van der Waals surface area contributed by atoms with Crippen LogP contribution in [0.25, 0.3) is 0 Å². The van der Waals surface area contributed by atoms with Gasteiger partial charge in [-0.15, -0.1) is 6.58 Å². The Morgan fingerprint density at radius 1 is 1.05 bits per heavy atom. The zero-order valence-corrected chi connectivity index (χ0v) is 24.9. The van der Waals surface area contributed by atoms with Gasteiger partial charge in [0, 0.05) is 23.2 Å². The van der Waals surface area contributed by atoms with E-state index in [0.717, 1.165) is 51.4 Å². The topological polar surface area (TPSA) is 89.6 Å². The third kappa shape index (κ3) is 3.36. The molecule has 0 aromatic carbocycles. The van der Waals surface area contributed by atoms with Gasteiger partial charge in [0.1, 0.15) is 0 Å². The molecule has 5 heteroatoms. The minimum atomic E-state index is -1.23. The number of fused-ring (bicyclic) bond motifs is 7. The Morgan fingerprint density at radius 3 is 2.34 bits per heavy atom. The highest BCUT2D eigenvalue weighted by Crippen LogP contribution is 2.75. The predicted octanol–water partition coefficient (Wildman–Crippen LogP) is 6.34. The fourth-order valence-corrected chi connectivity index (χ4v) is 10.8. The Morgan fingerprint density at radius 2 is 1.71 bits per heavy atom. The van der Waals surface area contributed by atoms with Gasteiger partial charge in [-0.1, -0.05) is 60.1 Å². The number of rotatable bonds is 4. The van der Waals surface area contributed by atoms with Crippen LogP contribution in [0.3, 0.4) is 0 Å². The quantitative estimate of drug-likeness (QED) is 0.331. The molecule has 0 aromatic rings. The molecular weight excluding hydrogens is 474 g/mol. The molecule has 5 nitrogen and oxygen atoms in total. The number of primary amides is 1. The molecule has 1 amide bonds. The second-order valence-electron chi connectivity index (χ2n) is 15.7. The number of carbonyl (C=O) groups excluding carboxylic acids is 2. The average molecular weight is 526 g/mol. The SMILES string of the molecule is C=CCO[C@@]1(O)CC[C@@]2(C)C(CC[C@]3(C)[C@@H]2C(=O)C=C2[C@@H]4C[C@@](C)(C(N)=O)CC[C@]4(C)CC[C@]23C)C1(C)C. The standard InChI is InChI=1S/C33H51NO4/c1-9-18-38-33(37)17-15-30(6)24(27(33,2)3)10-11-32(8)25(30)23(35)19-21-22-20-29(5,26(34)36)13-12-28(22,4)14-16-31(21,32)7/h9,19,22,24-25,37H,1,10-18,20H2,2-8H3,(H2,34,36)/t22-,24?,25+,28+,29-,30-,31+,32+,33-/m0/s1. The Hall–Kier alpha value is -1.46. The second kappa shape index (κ2) is 8.28. The normalized spacial score (nSPS) is 51.5. The van der Waals surface area contributed by atoms with Gasteiger partial charge in [0.15, 0.2) is 11.6 Å². The summed E-state index contributed by atoms with van der Waals surface area (Å²) in [5.41, 5.74) is 5.83. The van der Waals surface area contributed by atoms with Crippen molar-refractivity contribution in [3.8, 4) is 0 Å². The van der Waals surface area contributed by atoms with Crippen molar-refractivity contribution in [1.82, 2.24) is 0 Å². The smallest absolute Gasteiger partial charge is 0.223 e. The highest BCUT2D eigenvalue weighted by Gasteiger charge is 2.72. The first-order chi connectivity index (χ1) is 17.4. The van der Waals surface area contributed by atoms with E-state index in [1.807, 2.05) is 13.0 Å². The highest BCUT2D eigenvalue weighted by molar-refractivity contribution is 5.95. The van der Waals surface area contributed by atoms with Gasteiger partial charge in [0.2, 0.25) is 5.91 Å². The van der Waals surface area contributed by atoms with E-state index in [9.17, 15) is 14.7 Å². The van der Waals surface area contributed by atoms with E-state index in [4.69, 9.17) is 10.5 Å². The summed E-state index contributed by atoms with van der Waals surface area (Å²) < 4.78 is 6.03. The fraction of sp³-hybridized carbons (Fsp3) is 0.818. The summed E-state index contributed by atoms with van der Waals surface area (Å²) in [6.07, 6.45) is 11.7. The van der Waals surface area contributed by atoms with Crippen molar-refractivity contribution in [2.75, 3.05) is 6.61 Å². The lowest BCUT2D eigenvalue weighted by Crippen LogP contribution is -2.69. The number of carbonyl (C=O) groups is 2. The van der Waals surface area contributed by atoms with Crippen molar-refractivity contribution in [1.29, 1.82) is 0 Å². The van der Waals surface area contributed by atoms with Gasteiger partial charge in [-0.2, -0.15) is 0 Å². The molecule has 0 saturated heterocycles. The minimum absolute atomic E-state index is 0.0961. The third-order valence-corrected chi connectivity index (χ3v) is 13.8. The molecule has 4 fully saturated rings. The number of hydrogen-bond acceptors (Lipinski definition) is 4. The minimum Gasteiger partial charge on any atom is -0.369 e. The second-order valence-corrected chi connectivity index (χ2v) is 15.7. The van der Waals surface area contributed by atoms with Gasteiger partial charge in [-0.05, 0) is 90.9 Å². The number of hydrogen-bond donors (Lipinski definition) is 2. The van der Waals surface area contributed by atoms with E-state index in [1.54, 1.807) is 6.08 Å².